The zero-order valence-electron chi connectivity index (χ0n) is 15.5. The van der Waals surface area contributed by atoms with Crippen LogP contribution in [0.5, 0.6) is 5.75 Å². The summed E-state index contributed by atoms with van der Waals surface area (Å²) >= 11 is 0. The quantitative estimate of drug-likeness (QED) is 0.531. The van der Waals surface area contributed by atoms with Gasteiger partial charge in [-0.05, 0) is 50.2 Å². The Labute approximate surface area is 162 Å². The molecule has 0 aliphatic carbocycles. The lowest BCUT2D eigenvalue weighted by atomic mass is 10.1. The molecule has 0 saturated carbocycles. The van der Waals surface area contributed by atoms with Gasteiger partial charge in [0.05, 0.1) is 7.11 Å². The highest BCUT2D eigenvalue weighted by Crippen LogP contribution is 2.16. The van der Waals surface area contributed by atoms with Gasteiger partial charge in [0.2, 0.25) is 15.8 Å². The molecule has 9 heteroatoms. The highest BCUT2D eigenvalue weighted by atomic mass is 32.2. The van der Waals surface area contributed by atoms with Crippen molar-refractivity contribution in [2.75, 3.05) is 7.11 Å². The standard InChI is InChI=1S/C19H20FNO6S/c1-12(21-28(24,25)17-7-5-4-6-16(17)20)19(23)27-13(2)18(22)14-8-10-15(26-3)11-9-14/h4-13,21H,1-3H3/t12-,13+/m0/s1. The van der Waals surface area contributed by atoms with Crippen molar-refractivity contribution in [3.05, 3.63) is 59.9 Å². The second kappa shape index (κ2) is 8.94. The lowest BCUT2D eigenvalue weighted by molar-refractivity contribution is -0.147. The Balaban J connectivity index is 2.02. The summed E-state index contributed by atoms with van der Waals surface area (Å²) in [5, 5.41) is 0. The molecule has 2 aromatic carbocycles. The molecule has 0 aliphatic rings. The predicted molar refractivity (Wildman–Crippen MR) is 99.1 cm³/mol. The van der Waals surface area contributed by atoms with Crippen LogP contribution in [0.25, 0.3) is 0 Å². The number of nitrogens with one attached hydrogen (secondary N) is 1. The normalized spacial score (nSPS) is 13.4. The van der Waals surface area contributed by atoms with Gasteiger partial charge in [-0.1, -0.05) is 12.1 Å². The van der Waals surface area contributed by atoms with Crippen LogP contribution < -0.4 is 9.46 Å². The molecule has 28 heavy (non-hydrogen) atoms. The maximum absolute atomic E-state index is 13.7. The first kappa shape index (κ1) is 21.5. The van der Waals surface area contributed by atoms with Crippen molar-refractivity contribution in [1.82, 2.24) is 4.72 Å². The highest BCUT2D eigenvalue weighted by molar-refractivity contribution is 7.89. The van der Waals surface area contributed by atoms with Crippen molar-refractivity contribution in [1.29, 1.82) is 0 Å². The molecule has 2 rings (SSSR count). The Morgan fingerprint density at radius 3 is 2.21 bits per heavy atom. The number of benzene rings is 2. The lowest BCUT2D eigenvalue weighted by Crippen LogP contribution is -2.41. The van der Waals surface area contributed by atoms with Gasteiger partial charge in [0.15, 0.2) is 6.10 Å². The molecular weight excluding hydrogens is 389 g/mol. The number of ether oxygens (including phenoxy) is 2. The van der Waals surface area contributed by atoms with E-state index in [0.29, 0.717) is 11.3 Å². The highest BCUT2D eigenvalue weighted by Gasteiger charge is 2.28. The molecule has 150 valence electrons. The third kappa shape index (κ3) is 5.14. The maximum atomic E-state index is 13.7. The third-order valence-electron chi connectivity index (χ3n) is 3.85. The Hall–Kier alpha value is -2.78. The largest absolute Gasteiger partial charge is 0.497 e. The topological polar surface area (TPSA) is 98.8 Å². The number of carbonyl (C=O) groups excluding carboxylic acids is 2. The summed E-state index contributed by atoms with van der Waals surface area (Å²) in [5.74, 6) is -1.80. The number of methoxy groups -OCH3 is 1. The molecule has 0 saturated heterocycles. The van der Waals surface area contributed by atoms with E-state index in [9.17, 15) is 22.4 Å². The molecule has 2 atom stereocenters. The second-order valence-electron chi connectivity index (χ2n) is 5.95. The van der Waals surface area contributed by atoms with E-state index in [1.807, 2.05) is 4.72 Å². The molecule has 0 aromatic heterocycles. The first-order chi connectivity index (χ1) is 13.2. The van der Waals surface area contributed by atoms with Gasteiger partial charge in [0, 0.05) is 5.56 Å². The predicted octanol–water partition coefficient (Wildman–Crippen LogP) is 2.32. The number of hydrogen-bond donors (Lipinski definition) is 1. The van der Waals surface area contributed by atoms with Crippen molar-refractivity contribution >= 4 is 21.8 Å². The SMILES string of the molecule is COc1ccc(C(=O)[C@@H](C)OC(=O)[C@H](C)NS(=O)(=O)c2ccccc2F)cc1. The van der Waals surface area contributed by atoms with Crippen molar-refractivity contribution in [3.63, 3.8) is 0 Å². The Morgan fingerprint density at radius 1 is 1.04 bits per heavy atom. The van der Waals surface area contributed by atoms with Gasteiger partial charge < -0.3 is 9.47 Å². The first-order valence-electron chi connectivity index (χ1n) is 8.31. The van der Waals surface area contributed by atoms with Crippen LogP contribution in [-0.2, 0) is 19.6 Å². The summed E-state index contributed by atoms with van der Waals surface area (Å²) in [6, 6.07) is 9.68. The maximum Gasteiger partial charge on any atom is 0.324 e. The minimum absolute atomic E-state index is 0.306. The fraction of sp³-hybridized carbons (Fsp3) is 0.263. The number of Topliss-reactive ketones (excluding diaryl/α,β-unsaturated/α-hetero) is 1. The Morgan fingerprint density at radius 2 is 1.64 bits per heavy atom. The summed E-state index contributed by atoms with van der Waals surface area (Å²) < 4.78 is 50.3. The Kier molecular flexibility index (Phi) is 6.87. The molecule has 0 heterocycles. The summed E-state index contributed by atoms with van der Waals surface area (Å²) in [6.45, 7) is 2.62. The molecule has 2 aromatic rings. The molecule has 0 fully saturated rings. The number of rotatable bonds is 8. The van der Waals surface area contributed by atoms with Crippen molar-refractivity contribution in [3.8, 4) is 5.75 Å². The fourth-order valence-corrected chi connectivity index (χ4v) is 3.60. The van der Waals surface area contributed by atoms with E-state index in [1.165, 1.54) is 45.2 Å². The van der Waals surface area contributed by atoms with Gasteiger partial charge in [-0.2, -0.15) is 4.72 Å². The van der Waals surface area contributed by atoms with Crippen LogP contribution >= 0.6 is 0 Å². The second-order valence-corrected chi connectivity index (χ2v) is 7.63. The van der Waals surface area contributed by atoms with Crippen LogP contribution in [-0.4, -0.2) is 39.4 Å². The summed E-state index contributed by atoms with van der Waals surface area (Å²) in [4.78, 5) is 23.9. The van der Waals surface area contributed by atoms with Crippen molar-refractivity contribution in [2.45, 2.75) is 30.9 Å². The monoisotopic (exact) mass is 409 g/mol. The number of carbonyl (C=O) groups is 2. The first-order valence-corrected chi connectivity index (χ1v) is 9.79. The van der Waals surface area contributed by atoms with Gasteiger partial charge in [-0.3, -0.25) is 9.59 Å². The molecule has 7 nitrogen and oxygen atoms in total. The summed E-state index contributed by atoms with van der Waals surface area (Å²) in [7, 11) is -2.78. The average molecular weight is 409 g/mol. The number of esters is 1. The van der Waals surface area contributed by atoms with E-state index in [0.717, 1.165) is 12.1 Å². The smallest absolute Gasteiger partial charge is 0.324 e. The molecule has 0 aliphatic heterocycles. The van der Waals surface area contributed by atoms with Crippen LogP contribution in [0.2, 0.25) is 0 Å². The summed E-state index contributed by atoms with van der Waals surface area (Å²) in [5.41, 5.74) is 0.306. The minimum atomic E-state index is -4.28. The number of hydrogen-bond acceptors (Lipinski definition) is 6. The zero-order chi connectivity index (χ0) is 20.9. The van der Waals surface area contributed by atoms with Gasteiger partial charge in [0.1, 0.15) is 22.5 Å². The molecule has 0 bridgehead atoms. The zero-order valence-corrected chi connectivity index (χ0v) is 16.3. The van der Waals surface area contributed by atoms with Gasteiger partial charge in [-0.15, -0.1) is 0 Å². The van der Waals surface area contributed by atoms with E-state index in [1.54, 1.807) is 12.1 Å². The van der Waals surface area contributed by atoms with Crippen molar-refractivity contribution < 1.29 is 31.9 Å². The number of sulfonamides is 1. The van der Waals surface area contributed by atoms with Crippen LogP contribution in [0, 0.1) is 5.82 Å². The third-order valence-corrected chi connectivity index (χ3v) is 5.42. The lowest BCUT2D eigenvalue weighted by Gasteiger charge is -2.17. The van der Waals surface area contributed by atoms with Gasteiger partial charge in [-0.25, -0.2) is 12.8 Å². The van der Waals surface area contributed by atoms with Crippen molar-refractivity contribution in [2.24, 2.45) is 0 Å². The van der Waals surface area contributed by atoms with E-state index >= 15 is 0 Å². The van der Waals surface area contributed by atoms with Gasteiger partial charge in [0.25, 0.3) is 0 Å². The van der Waals surface area contributed by atoms with Crippen LogP contribution in [0.4, 0.5) is 4.39 Å². The van der Waals surface area contributed by atoms with E-state index < -0.39 is 44.6 Å². The average Bonchev–Trinajstić information content (AvgIpc) is 2.67. The van der Waals surface area contributed by atoms with E-state index in [-0.39, 0.29) is 0 Å². The van der Waals surface area contributed by atoms with Gasteiger partial charge >= 0.3 is 5.97 Å². The summed E-state index contributed by atoms with van der Waals surface area (Å²) in [6.07, 6.45) is -1.14. The minimum Gasteiger partial charge on any atom is -0.497 e. The molecule has 0 radical (unpaired) electrons. The molecule has 1 N–H and O–H groups in total. The molecule has 0 unspecified atom stereocenters. The van der Waals surface area contributed by atoms with Crippen LogP contribution in [0.3, 0.4) is 0 Å². The molecule has 0 amide bonds. The van der Waals surface area contributed by atoms with E-state index in [2.05, 4.69) is 0 Å². The Bertz CT molecular complexity index is 959. The van der Waals surface area contributed by atoms with Crippen LogP contribution in [0.15, 0.2) is 53.4 Å². The number of halogens is 1. The molecule has 0 spiro atoms. The van der Waals surface area contributed by atoms with E-state index in [4.69, 9.17) is 9.47 Å². The fourth-order valence-electron chi connectivity index (χ4n) is 2.33. The number of ketones is 1. The molecular formula is C19H20FNO6S. The van der Waals surface area contributed by atoms with Crippen LogP contribution in [0.1, 0.15) is 24.2 Å².